The van der Waals surface area contributed by atoms with Crippen molar-refractivity contribution in [3.8, 4) is 0 Å². The summed E-state index contributed by atoms with van der Waals surface area (Å²) in [5, 5.41) is 0.882. The molecule has 0 saturated heterocycles. The molecule has 25 heavy (non-hydrogen) atoms. The quantitative estimate of drug-likeness (QED) is 0.785. The third-order valence-electron chi connectivity index (χ3n) is 5.13. The third-order valence-corrected chi connectivity index (χ3v) is 5.13. The molecule has 1 atom stereocenters. The van der Waals surface area contributed by atoms with Gasteiger partial charge in [0.15, 0.2) is 6.10 Å². The van der Waals surface area contributed by atoms with Crippen LogP contribution in [0.2, 0.25) is 0 Å². The lowest BCUT2D eigenvalue weighted by molar-refractivity contribution is -0.141. The van der Waals surface area contributed by atoms with Crippen LogP contribution in [0.3, 0.4) is 0 Å². The first-order valence-electron chi connectivity index (χ1n) is 8.95. The zero-order valence-electron chi connectivity index (χ0n) is 15.1. The Labute approximate surface area is 147 Å². The Bertz CT molecular complexity index is 773. The van der Waals surface area contributed by atoms with Crippen LogP contribution in [0.4, 0.5) is 0 Å². The van der Waals surface area contributed by atoms with E-state index in [1.54, 1.807) is 18.9 Å². The summed E-state index contributed by atoms with van der Waals surface area (Å²) in [4.78, 5) is 26.8. The molecule has 0 radical (unpaired) electrons. The lowest BCUT2D eigenvalue weighted by atomic mass is 9.94. The van der Waals surface area contributed by atoms with Gasteiger partial charge in [0.25, 0.3) is 5.91 Å². The summed E-state index contributed by atoms with van der Waals surface area (Å²) < 4.78 is 11.0. The van der Waals surface area contributed by atoms with Crippen LogP contribution in [0.5, 0.6) is 0 Å². The second-order valence-electron chi connectivity index (χ2n) is 6.84. The van der Waals surface area contributed by atoms with Crippen LogP contribution in [0.25, 0.3) is 11.0 Å². The average Bonchev–Trinajstić information content (AvgIpc) is 2.98. The predicted molar refractivity (Wildman–Crippen MR) is 95.5 cm³/mol. The van der Waals surface area contributed by atoms with E-state index < -0.39 is 12.1 Å². The lowest BCUT2D eigenvalue weighted by Gasteiger charge is -2.32. The Morgan fingerprint density at radius 1 is 1.20 bits per heavy atom. The van der Waals surface area contributed by atoms with E-state index in [9.17, 15) is 9.59 Å². The molecule has 5 heteroatoms. The van der Waals surface area contributed by atoms with Crippen molar-refractivity contribution in [1.82, 2.24) is 4.90 Å². The van der Waals surface area contributed by atoms with Gasteiger partial charge in [0.05, 0.1) is 0 Å². The van der Waals surface area contributed by atoms with Gasteiger partial charge >= 0.3 is 5.97 Å². The van der Waals surface area contributed by atoms with Crippen LogP contribution >= 0.6 is 0 Å². The van der Waals surface area contributed by atoms with Crippen molar-refractivity contribution in [3.63, 3.8) is 0 Å². The molecule has 1 aliphatic carbocycles. The summed E-state index contributed by atoms with van der Waals surface area (Å²) in [6, 6.07) is 7.70. The number of esters is 1. The minimum Gasteiger partial charge on any atom is -0.449 e. The molecule has 1 amide bonds. The molecule has 1 aliphatic rings. The Morgan fingerprint density at radius 2 is 1.88 bits per heavy atom. The molecule has 3 rings (SSSR count). The van der Waals surface area contributed by atoms with Crippen LogP contribution in [0, 0.1) is 6.92 Å². The monoisotopic (exact) mass is 343 g/mol. The second kappa shape index (κ2) is 7.30. The molecule has 1 fully saturated rings. The van der Waals surface area contributed by atoms with E-state index in [2.05, 4.69) is 0 Å². The van der Waals surface area contributed by atoms with E-state index in [0.29, 0.717) is 5.58 Å². The van der Waals surface area contributed by atoms with Gasteiger partial charge in [-0.3, -0.25) is 4.79 Å². The smallest absolute Gasteiger partial charge is 0.375 e. The molecule has 1 heterocycles. The molecule has 1 aromatic carbocycles. The molecule has 1 saturated carbocycles. The molecular weight excluding hydrogens is 318 g/mol. The highest BCUT2D eigenvalue weighted by Crippen LogP contribution is 2.26. The van der Waals surface area contributed by atoms with Crippen LogP contribution in [-0.4, -0.2) is 36.0 Å². The van der Waals surface area contributed by atoms with E-state index in [1.165, 1.54) is 6.42 Å². The van der Waals surface area contributed by atoms with Gasteiger partial charge in [0.1, 0.15) is 5.58 Å². The zero-order chi connectivity index (χ0) is 18.0. The van der Waals surface area contributed by atoms with Gasteiger partial charge in [0.2, 0.25) is 5.76 Å². The average molecular weight is 343 g/mol. The number of benzene rings is 1. The molecule has 0 unspecified atom stereocenters. The number of nitrogens with zero attached hydrogens (tertiary/aromatic N) is 1. The molecule has 0 aliphatic heterocycles. The summed E-state index contributed by atoms with van der Waals surface area (Å²) in [6.07, 6.45) is 4.74. The first-order valence-corrected chi connectivity index (χ1v) is 8.95. The Balaban J connectivity index is 1.68. The summed E-state index contributed by atoms with van der Waals surface area (Å²) in [5.74, 6) is -0.582. The summed E-state index contributed by atoms with van der Waals surface area (Å²) in [5.41, 5.74) is 1.38. The van der Waals surface area contributed by atoms with E-state index in [4.69, 9.17) is 9.15 Å². The van der Waals surface area contributed by atoms with Gasteiger partial charge in [-0.15, -0.1) is 0 Å². The van der Waals surface area contributed by atoms with E-state index >= 15 is 0 Å². The topological polar surface area (TPSA) is 59.8 Å². The molecule has 2 aromatic rings. The molecular formula is C20H25NO4. The van der Waals surface area contributed by atoms with Crippen molar-refractivity contribution in [2.45, 2.75) is 58.1 Å². The van der Waals surface area contributed by atoms with E-state index in [1.807, 2.05) is 31.2 Å². The Hall–Kier alpha value is -2.30. The van der Waals surface area contributed by atoms with E-state index in [-0.39, 0.29) is 17.7 Å². The highest BCUT2D eigenvalue weighted by Gasteiger charge is 2.29. The molecule has 0 spiro atoms. The number of furan rings is 1. The van der Waals surface area contributed by atoms with Crippen molar-refractivity contribution < 1.29 is 18.7 Å². The number of hydrogen-bond donors (Lipinski definition) is 0. The highest BCUT2D eigenvalue weighted by atomic mass is 16.6. The number of para-hydroxylation sites is 1. The number of hydrogen-bond acceptors (Lipinski definition) is 4. The fourth-order valence-corrected chi connectivity index (χ4v) is 3.57. The highest BCUT2D eigenvalue weighted by molar-refractivity contribution is 5.97. The normalized spacial score (nSPS) is 16.6. The SMILES string of the molecule is Cc1c(C(=O)O[C@H](C)C(=O)N(C)C2CCCCC2)oc2ccccc12. The van der Waals surface area contributed by atoms with Crippen LogP contribution in [0.15, 0.2) is 28.7 Å². The number of fused-ring (bicyclic) bond motifs is 1. The molecule has 0 N–H and O–H groups in total. The van der Waals surface area contributed by atoms with Crippen LogP contribution in [0.1, 0.15) is 55.1 Å². The van der Waals surface area contributed by atoms with Gasteiger partial charge in [-0.2, -0.15) is 0 Å². The van der Waals surface area contributed by atoms with Crippen LogP contribution in [-0.2, 0) is 9.53 Å². The minimum absolute atomic E-state index is 0.158. The van der Waals surface area contributed by atoms with Gasteiger partial charge in [-0.25, -0.2) is 4.79 Å². The van der Waals surface area contributed by atoms with Crippen molar-refractivity contribution in [2.75, 3.05) is 7.05 Å². The number of amides is 1. The van der Waals surface area contributed by atoms with Crippen LogP contribution < -0.4 is 0 Å². The van der Waals surface area contributed by atoms with E-state index in [0.717, 1.165) is 36.6 Å². The fourth-order valence-electron chi connectivity index (χ4n) is 3.57. The number of carbonyl (C=O) groups is 2. The molecule has 1 aromatic heterocycles. The standard InChI is InChI=1S/C20H25NO4/c1-13-16-11-7-8-12-17(16)25-18(13)20(23)24-14(2)19(22)21(3)15-9-5-4-6-10-15/h7-8,11-12,14-15H,4-6,9-10H2,1-3H3/t14-/m1/s1. The lowest BCUT2D eigenvalue weighted by Crippen LogP contribution is -2.44. The number of ether oxygens (including phenoxy) is 1. The third kappa shape index (κ3) is 3.55. The summed E-state index contributed by atoms with van der Waals surface area (Å²) in [6.45, 7) is 3.45. The number of likely N-dealkylation sites (N-methyl/N-ethyl adjacent to an activating group) is 1. The van der Waals surface area contributed by atoms with Crippen molar-refractivity contribution in [3.05, 3.63) is 35.6 Å². The maximum atomic E-state index is 12.6. The van der Waals surface area contributed by atoms with Gasteiger partial charge in [-0.05, 0) is 32.8 Å². The van der Waals surface area contributed by atoms with Crippen molar-refractivity contribution in [1.29, 1.82) is 0 Å². The van der Waals surface area contributed by atoms with Gasteiger partial charge in [-0.1, -0.05) is 37.5 Å². The largest absolute Gasteiger partial charge is 0.449 e. The first-order chi connectivity index (χ1) is 12.0. The molecule has 134 valence electrons. The predicted octanol–water partition coefficient (Wildman–Crippen LogP) is 4.08. The number of aryl methyl sites for hydroxylation is 1. The molecule has 0 bridgehead atoms. The Kier molecular flexibility index (Phi) is 5.11. The van der Waals surface area contributed by atoms with Gasteiger partial charge < -0.3 is 14.1 Å². The summed E-state index contributed by atoms with van der Waals surface area (Å²) in [7, 11) is 1.80. The van der Waals surface area contributed by atoms with Gasteiger partial charge in [0, 0.05) is 24.0 Å². The first kappa shape index (κ1) is 17.5. The zero-order valence-corrected chi connectivity index (χ0v) is 15.1. The molecule has 5 nitrogen and oxygen atoms in total. The number of rotatable bonds is 4. The maximum Gasteiger partial charge on any atom is 0.375 e. The maximum absolute atomic E-state index is 12.6. The number of carbonyl (C=O) groups excluding carboxylic acids is 2. The van der Waals surface area contributed by atoms with Crippen molar-refractivity contribution >= 4 is 22.8 Å². The minimum atomic E-state index is -0.827. The summed E-state index contributed by atoms with van der Waals surface area (Å²) >= 11 is 0. The van der Waals surface area contributed by atoms with Crippen molar-refractivity contribution in [2.24, 2.45) is 0 Å². The second-order valence-corrected chi connectivity index (χ2v) is 6.84. The fraction of sp³-hybridized carbons (Fsp3) is 0.500. The Morgan fingerprint density at radius 3 is 2.56 bits per heavy atom.